The van der Waals surface area contributed by atoms with Crippen LogP contribution in [0.25, 0.3) is 11.1 Å². The first-order valence-corrected chi connectivity index (χ1v) is 7.75. The summed E-state index contributed by atoms with van der Waals surface area (Å²) in [7, 11) is 6.08. The summed E-state index contributed by atoms with van der Waals surface area (Å²) in [5, 5.41) is 3.28. The van der Waals surface area contributed by atoms with Gasteiger partial charge >= 0.3 is 0 Å². The molecule has 3 heteroatoms. The topological polar surface area (TPSA) is 24.5 Å². The summed E-state index contributed by atoms with van der Waals surface area (Å²) in [5.74, 6) is 0.922. The highest BCUT2D eigenvalue weighted by atomic mass is 16.5. The molecule has 1 atom stereocenters. The third kappa shape index (κ3) is 4.58. The van der Waals surface area contributed by atoms with Crippen molar-refractivity contribution in [2.24, 2.45) is 0 Å². The molecule has 0 amide bonds. The number of benzene rings is 2. The molecule has 0 heterocycles. The van der Waals surface area contributed by atoms with Crippen molar-refractivity contribution in [3.63, 3.8) is 0 Å². The van der Waals surface area contributed by atoms with E-state index in [-0.39, 0.29) is 0 Å². The van der Waals surface area contributed by atoms with Gasteiger partial charge in [-0.05, 0) is 63.0 Å². The fourth-order valence-electron chi connectivity index (χ4n) is 2.24. The van der Waals surface area contributed by atoms with Gasteiger partial charge in [0.2, 0.25) is 0 Å². The lowest BCUT2D eigenvalue weighted by molar-refractivity contribution is 0.261. The molecule has 2 rings (SSSR count). The largest absolute Gasteiger partial charge is 0.492 e. The fourth-order valence-corrected chi connectivity index (χ4v) is 2.24. The van der Waals surface area contributed by atoms with Gasteiger partial charge < -0.3 is 15.0 Å². The second-order valence-corrected chi connectivity index (χ2v) is 5.81. The Morgan fingerprint density at radius 2 is 1.77 bits per heavy atom. The highest BCUT2D eigenvalue weighted by Gasteiger charge is 2.05. The number of likely N-dealkylation sites (N-methyl/N-ethyl adjacent to an activating group) is 1. The van der Waals surface area contributed by atoms with Crippen LogP contribution in [0, 0.1) is 0 Å². The molecule has 2 aromatic carbocycles. The van der Waals surface area contributed by atoms with Crippen LogP contribution in [0.15, 0.2) is 48.5 Å². The minimum atomic E-state index is 0.355. The zero-order valence-corrected chi connectivity index (χ0v) is 14.0. The van der Waals surface area contributed by atoms with Crippen LogP contribution in [0.2, 0.25) is 0 Å². The predicted octanol–water partition coefficient (Wildman–Crippen LogP) is 3.57. The van der Waals surface area contributed by atoms with Crippen LogP contribution in [0.1, 0.15) is 18.5 Å². The molecule has 0 radical (unpaired) electrons. The second kappa shape index (κ2) is 7.97. The fraction of sp³-hybridized carbons (Fsp3) is 0.368. The van der Waals surface area contributed by atoms with E-state index in [1.54, 1.807) is 0 Å². The van der Waals surface area contributed by atoms with Gasteiger partial charge in [-0.25, -0.2) is 0 Å². The summed E-state index contributed by atoms with van der Waals surface area (Å²) in [5.41, 5.74) is 3.75. The molecule has 0 saturated heterocycles. The van der Waals surface area contributed by atoms with Crippen LogP contribution < -0.4 is 10.1 Å². The van der Waals surface area contributed by atoms with Gasteiger partial charge in [0, 0.05) is 12.6 Å². The van der Waals surface area contributed by atoms with Crippen molar-refractivity contribution >= 4 is 0 Å². The van der Waals surface area contributed by atoms with Crippen molar-refractivity contribution in [3.05, 3.63) is 54.1 Å². The second-order valence-electron chi connectivity index (χ2n) is 5.81. The molecule has 0 aliphatic carbocycles. The van der Waals surface area contributed by atoms with E-state index in [4.69, 9.17) is 4.74 Å². The molecule has 22 heavy (non-hydrogen) atoms. The van der Waals surface area contributed by atoms with Gasteiger partial charge in [0.15, 0.2) is 0 Å². The Morgan fingerprint density at radius 1 is 1.05 bits per heavy atom. The molecule has 118 valence electrons. The van der Waals surface area contributed by atoms with E-state index in [2.05, 4.69) is 53.5 Å². The van der Waals surface area contributed by atoms with E-state index < -0.39 is 0 Å². The van der Waals surface area contributed by atoms with Gasteiger partial charge in [0.25, 0.3) is 0 Å². The first kappa shape index (κ1) is 16.5. The lowest BCUT2D eigenvalue weighted by atomic mass is 10.0. The zero-order chi connectivity index (χ0) is 15.9. The first-order chi connectivity index (χ1) is 10.6. The Balaban J connectivity index is 2.07. The van der Waals surface area contributed by atoms with E-state index in [1.165, 1.54) is 16.7 Å². The molecule has 0 bridgehead atoms. The van der Waals surface area contributed by atoms with Gasteiger partial charge in [-0.3, -0.25) is 0 Å². The number of nitrogens with one attached hydrogen (secondary N) is 1. The van der Waals surface area contributed by atoms with Gasteiger partial charge in [0.1, 0.15) is 12.4 Å². The number of hydrogen-bond acceptors (Lipinski definition) is 3. The Labute approximate surface area is 133 Å². The molecule has 0 fully saturated rings. The molecular formula is C19H26N2O. The molecule has 1 unspecified atom stereocenters. The highest BCUT2D eigenvalue weighted by Crippen LogP contribution is 2.25. The quantitative estimate of drug-likeness (QED) is 0.845. The average molecular weight is 298 g/mol. The summed E-state index contributed by atoms with van der Waals surface area (Å²) in [6.45, 7) is 3.80. The Morgan fingerprint density at radius 3 is 2.41 bits per heavy atom. The molecule has 0 saturated carbocycles. The minimum absolute atomic E-state index is 0.355. The van der Waals surface area contributed by atoms with E-state index in [9.17, 15) is 0 Å². The van der Waals surface area contributed by atoms with Crippen molar-refractivity contribution in [1.82, 2.24) is 10.2 Å². The Hall–Kier alpha value is -1.84. The van der Waals surface area contributed by atoms with Crippen LogP contribution in [0.5, 0.6) is 5.75 Å². The summed E-state index contributed by atoms with van der Waals surface area (Å²) in [6.07, 6.45) is 0. The van der Waals surface area contributed by atoms with Gasteiger partial charge in [-0.1, -0.05) is 30.3 Å². The maximum Gasteiger partial charge on any atom is 0.119 e. The van der Waals surface area contributed by atoms with E-state index >= 15 is 0 Å². The van der Waals surface area contributed by atoms with E-state index in [1.807, 2.05) is 33.3 Å². The molecular weight excluding hydrogens is 272 g/mol. The summed E-state index contributed by atoms with van der Waals surface area (Å²) in [6, 6.07) is 17.3. The minimum Gasteiger partial charge on any atom is -0.492 e. The van der Waals surface area contributed by atoms with E-state index in [0.717, 1.165) is 12.3 Å². The number of nitrogens with zero attached hydrogens (tertiary/aromatic N) is 1. The lowest BCUT2D eigenvalue weighted by Gasteiger charge is -2.13. The third-order valence-electron chi connectivity index (χ3n) is 3.81. The maximum absolute atomic E-state index is 5.74. The first-order valence-electron chi connectivity index (χ1n) is 7.75. The molecule has 0 aromatic heterocycles. The maximum atomic E-state index is 5.74. The van der Waals surface area contributed by atoms with Crippen molar-refractivity contribution in [1.29, 1.82) is 0 Å². The highest BCUT2D eigenvalue weighted by molar-refractivity contribution is 5.65. The standard InChI is InChI=1S/C19H26N2O/c1-15(20-2)17-6-5-7-18(14-17)16-8-10-19(11-9-16)22-13-12-21(3)4/h5-11,14-15,20H,12-13H2,1-4H3. The van der Waals surface area contributed by atoms with Crippen molar-refractivity contribution < 1.29 is 4.74 Å². The van der Waals surface area contributed by atoms with Gasteiger partial charge in [-0.15, -0.1) is 0 Å². The normalized spacial score (nSPS) is 12.4. The molecule has 0 spiro atoms. The Bertz CT molecular complexity index is 578. The molecule has 1 N–H and O–H groups in total. The third-order valence-corrected chi connectivity index (χ3v) is 3.81. The molecule has 0 aliphatic rings. The van der Waals surface area contributed by atoms with Crippen molar-refractivity contribution in [3.8, 4) is 16.9 Å². The SMILES string of the molecule is CNC(C)c1cccc(-c2ccc(OCCN(C)C)cc2)c1. The smallest absolute Gasteiger partial charge is 0.119 e. The van der Waals surface area contributed by atoms with Crippen LogP contribution in [0.3, 0.4) is 0 Å². The van der Waals surface area contributed by atoms with Crippen molar-refractivity contribution in [2.75, 3.05) is 34.3 Å². The average Bonchev–Trinajstić information content (AvgIpc) is 2.54. The van der Waals surface area contributed by atoms with Gasteiger partial charge in [0.05, 0.1) is 0 Å². The molecule has 3 nitrogen and oxygen atoms in total. The summed E-state index contributed by atoms with van der Waals surface area (Å²) >= 11 is 0. The predicted molar refractivity (Wildman–Crippen MR) is 93.4 cm³/mol. The van der Waals surface area contributed by atoms with Crippen LogP contribution in [-0.4, -0.2) is 39.2 Å². The van der Waals surface area contributed by atoms with E-state index in [0.29, 0.717) is 12.6 Å². The molecule has 2 aromatic rings. The van der Waals surface area contributed by atoms with Crippen LogP contribution in [0.4, 0.5) is 0 Å². The molecule has 0 aliphatic heterocycles. The zero-order valence-electron chi connectivity index (χ0n) is 14.0. The lowest BCUT2D eigenvalue weighted by Crippen LogP contribution is -2.19. The van der Waals surface area contributed by atoms with Gasteiger partial charge in [-0.2, -0.15) is 0 Å². The summed E-state index contributed by atoms with van der Waals surface area (Å²) in [4.78, 5) is 2.11. The number of ether oxygens (including phenoxy) is 1. The Kier molecular flexibility index (Phi) is 5.99. The summed E-state index contributed by atoms with van der Waals surface area (Å²) < 4.78 is 5.74. The number of hydrogen-bond donors (Lipinski definition) is 1. The van der Waals surface area contributed by atoms with Crippen LogP contribution in [-0.2, 0) is 0 Å². The monoisotopic (exact) mass is 298 g/mol. The number of rotatable bonds is 7. The van der Waals surface area contributed by atoms with Crippen molar-refractivity contribution in [2.45, 2.75) is 13.0 Å². The van der Waals surface area contributed by atoms with Crippen LogP contribution >= 0.6 is 0 Å².